The van der Waals surface area contributed by atoms with Crippen molar-refractivity contribution in [2.24, 2.45) is 12.0 Å². The van der Waals surface area contributed by atoms with Gasteiger partial charge in [-0.25, -0.2) is 4.79 Å². The Labute approximate surface area is 193 Å². The van der Waals surface area contributed by atoms with Gasteiger partial charge in [-0.15, -0.1) is 0 Å². The number of aromatic nitrogens is 2. The molecule has 1 unspecified atom stereocenters. The number of nitrogens with one attached hydrogen (secondary N) is 1. The molecule has 1 fully saturated rings. The summed E-state index contributed by atoms with van der Waals surface area (Å²) in [4.78, 5) is 19.1. The van der Waals surface area contributed by atoms with E-state index in [1.807, 2.05) is 68.0 Å². The van der Waals surface area contributed by atoms with Gasteiger partial charge in [-0.3, -0.25) is 9.67 Å². The summed E-state index contributed by atoms with van der Waals surface area (Å²) in [5, 5.41) is 7.65. The van der Waals surface area contributed by atoms with E-state index in [-0.39, 0.29) is 18.7 Å². The standard InChI is InChI=1S/C25H29N5O3/c1-26-25(30-11-12-32-23(17-30)22-15-28-29(2)16-22)27-14-20-9-6-10-21(13-20)24(31)33-18-19-7-4-3-5-8-19/h3-10,13,15-16,23H,11-12,14,17-18H2,1-2H3,(H,26,27). The lowest BCUT2D eigenvalue weighted by molar-refractivity contribution is -0.00805. The van der Waals surface area contributed by atoms with Crippen LogP contribution in [0.5, 0.6) is 0 Å². The second kappa shape index (κ2) is 10.8. The molecule has 0 spiro atoms. The molecule has 2 aromatic carbocycles. The minimum atomic E-state index is -0.336. The van der Waals surface area contributed by atoms with E-state index in [0.717, 1.165) is 29.2 Å². The first-order chi connectivity index (χ1) is 16.1. The number of carbonyl (C=O) groups is 1. The van der Waals surface area contributed by atoms with E-state index in [1.54, 1.807) is 17.8 Å². The highest BCUT2D eigenvalue weighted by atomic mass is 16.5. The van der Waals surface area contributed by atoms with E-state index in [0.29, 0.717) is 25.3 Å². The molecule has 33 heavy (non-hydrogen) atoms. The van der Waals surface area contributed by atoms with Crippen LogP contribution >= 0.6 is 0 Å². The second-order valence-electron chi connectivity index (χ2n) is 7.92. The highest BCUT2D eigenvalue weighted by Crippen LogP contribution is 2.21. The first-order valence-corrected chi connectivity index (χ1v) is 11.0. The van der Waals surface area contributed by atoms with Crippen LogP contribution in [0.4, 0.5) is 0 Å². The lowest BCUT2D eigenvalue weighted by atomic mass is 10.1. The number of ether oxygens (including phenoxy) is 2. The maximum atomic E-state index is 12.5. The molecule has 1 aliphatic heterocycles. The Hall–Kier alpha value is -3.65. The average Bonchev–Trinajstić information content (AvgIpc) is 3.30. The number of hydrogen-bond acceptors (Lipinski definition) is 5. The highest BCUT2D eigenvalue weighted by Gasteiger charge is 2.25. The smallest absolute Gasteiger partial charge is 0.338 e. The summed E-state index contributed by atoms with van der Waals surface area (Å²) >= 11 is 0. The van der Waals surface area contributed by atoms with Gasteiger partial charge in [-0.2, -0.15) is 5.10 Å². The number of aliphatic imine (C=N–C) groups is 1. The lowest BCUT2D eigenvalue weighted by Gasteiger charge is -2.34. The van der Waals surface area contributed by atoms with E-state index in [9.17, 15) is 4.79 Å². The van der Waals surface area contributed by atoms with Crippen LogP contribution in [0, 0.1) is 0 Å². The molecular weight excluding hydrogens is 418 g/mol. The molecule has 0 saturated carbocycles. The molecule has 1 aliphatic rings. The van der Waals surface area contributed by atoms with Crippen LogP contribution in [0.15, 0.2) is 72.0 Å². The topological polar surface area (TPSA) is 81.0 Å². The van der Waals surface area contributed by atoms with Crippen LogP contribution in [0.2, 0.25) is 0 Å². The zero-order valence-electron chi connectivity index (χ0n) is 19.0. The molecule has 0 amide bonds. The largest absolute Gasteiger partial charge is 0.457 e. The zero-order valence-corrected chi connectivity index (χ0v) is 19.0. The number of esters is 1. The Morgan fingerprint density at radius 3 is 2.79 bits per heavy atom. The van der Waals surface area contributed by atoms with Gasteiger partial charge in [0.25, 0.3) is 0 Å². The number of carbonyl (C=O) groups excluding carboxylic acids is 1. The summed E-state index contributed by atoms with van der Waals surface area (Å²) in [6, 6.07) is 17.1. The number of aryl methyl sites for hydroxylation is 1. The SMILES string of the molecule is CN=C(NCc1cccc(C(=O)OCc2ccccc2)c1)N1CCOC(c2cnn(C)c2)C1. The predicted molar refractivity (Wildman–Crippen MR) is 126 cm³/mol. The van der Waals surface area contributed by atoms with Crippen molar-refractivity contribution in [1.29, 1.82) is 0 Å². The molecule has 1 saturated heterocycles. The number of hydrogen-bond donors (Lipinski definition) is 1. The van der Waals surface area contributed by atoms with Crippen LogP contribution in [0.3, 0.4) is 0 Å². The minimum Gasteiger partial charge on any atom is -0.457 e. The third-order valence-corrected chi connectivity index (χ3v) is 5.50. The Morgan fingerprint density at radius 1 is 1.21 bits per heavy atom. The van der Waals surface area contributed by atoms with E-state index in [2.05, 4.69) is 20.3 Å². The first kappa shape index (κ1) is 22.5. The molecule has 0 radical (unpaired) electrons. The van der Waals surface area contributed by atoms with Gasteiger partial charge in [0.05, 0.1) is 24.9 Å². The molecule has 3 aromatic rings. The number of benzene rings is 2. The van der Waals surface area contributed by atoms with E-state index in [4.69, 9.17) is 9.47 Å². The number of morpholine rings is 1. The molecule has 1 N–H and O–H groups in total. The Balaban J connectivity index is 1.33. The van der Waals surface area contributed by atoms with Gasteiger partial charge in [0.15, 0.2) is 5.96 Å². The molecule has 0 bridgehead atoms. The molecule has 1 atom stereocenters. The third kappa shape index (κ3) is 5.98. The molecule has 0 aliphatic carbocycles. The van der Waals surface area contributed by atoms with Crippen LogP contribution < -0.4 is 5.32 Å². The van der Waals surface area contributed by atoms with Crippen LogP contribution in [-0.2, 0) is 29.7 Å². The van der Waals surface area contributed by atoms with Crippen molar-refractivity contribution in [3.8, 4) is 0 Å². The Kier molecular flexibility index (Phi) is 7.36. The van der Waals surface area contributed by atoms with Crippen molar-refractivity contribution in [3.05, 3.63) is 89.2 Å². The second-order valence-corrected chi connectivity index (χ2v) is 7.92. The van der Waals surface area contributed by atoms with Gasteiger partial charge in [0, 0.05) is 38.9 Å². The van der Waals surface area contributed by atoms with E-state index in [1.165, 1.54) is 0 Å². The van der Waals surface area contributed by atoms with Crippen molar-refractivity contribution in [2.45, 2.75) is 19.3 Å². The average molecular weight is 448 g/mol. The lowest BCUT2D eigenvalue weighted by Crippen LogP contribution is -2.47. The van der Waals surface area contributed by atoms with Gasteiger partial charge in [0.1, 0.15) is 12.7 Å². The van der Waals surface area contributed by atoms with Gasteiger partial charge in [-0.1, -0.05) is 42.5 Å². The number of guanidine groups is 1. The molecule has 8 nitrogen and oxygen atoms in total. The van der Waals surface area contributed by atoms with Crippen molar-refractivity contribution in [2.75, 3.05) is 26.7 Å². The van der Waals surface area contributed by atoms with Crippen LogP contribution in [0.25, 0.3) is 0 Å². The summed E-state index contributed by atoms with van der Waals surface area (Å²) in [6.45, 7) is 2.85. The summed E-state index contributed by atoms with van der Waals surface area (Å²) in [5.74, 6) is 0.460. The fourth-order valence-electron chi connectivity index (χ4n) is 3.78. The fraction of sp³-hybridized carbons (Fsp3) is 0.320. The minimum absolute atomic E-state index is 0.0475. The van der Waals surface area contributed by atoms with Crippen molar-refractivity contribution >= 4 is 11.9 Å². The van der Waals surface area contributed by atoms with Crippen LogP contribution in [-0.4, -0.2) is 53.4 Å². The summed E-state index contributed by atoms with van der Waals surface area (Å²) in [7, 11) is 3.67. The summed E-state index contributed by atoms with van der Waals surface area (Å²) < 4.78 is 13.2. The van der Waals surface area contributed by atoms with E-state index >= 15 is 0 Å². The molecule has 172 valence electrons. The van der Waals surface area contributed by atoms with Crippen LogP contribution in [0.1, 0.15) is 33.2 Å². The van der Waals surface area contributed by atoms with Crippen molar-refractivity contribution < 1.29 is 14.3 Å². The van der Waals surface area contributed by atoms with E-state index < -0.39 is 0 Å². The molecule has 8 heteroatoms. The van der Waals surface area contributed by atoms with Gasteiger partial charge < -0.3 is 19.7 Å². The first-order valence-electron chi connectivity index (χ1n) is 11.0. The third-order valence-electron chi connectivity index (χ3n) is 5.50. The fourth-order valence-corrected chi connectivity index (χ4v) is 3.78. The number of rotatable bonds is 6. The normalized spacial score (nSPS) is 16.5. The maximum absolute atomic E-state index is 12.5. The summed E-state index contributed by atoms with van der Waals surface area (Å²) in [5.41, 5.74) is 3.52. The van der Waals surface area contributed by atoms with Gasteiger partial charge in [-0.05, 0) is 23.3 Å². The molecule has 2 heterocycles. The molecular formula is C25H29N5O3. The predicted octanol–water partition coefficient (Wildman–Crippen LogP) is 2.93. The highest BCUT2D eigenvalue weighted by molar-refractivity contribution is 5.89. The van der Waals surface area contributed by atoms with Crippen molar-refractivity contribution in [1.82, 2.24) is 20.0 Å². The monoisotopic (exact) mass is 447 g/mol. The summed E-state index contributed by atoms with van der Waals surface area (Å²) in [6.07, 6.45) is 3.77. The quantitative estimate of drug-likeness (QED) is 0.356. The van der Waals surface area contributed by atoms with Crippen molar-refractivity contribution in [3.63, 3.8) is 0 Å². The number of nitrogens with zero attached hydrogens (tertiary/aromatic N) is 4. The van der Waals surface area contributed by atoms with Gasteiger partial charge in [0.2, 0.25) is 0 Å². The maximum Gasteiger partial charge on any atom is 0.338 e. The molecule has 4 rings (SSSR count). The van der Waals surface area contributed by atoms with Gasteiger partial charge >= 0.3 is 5.97 Å². The zero-order chi connectivity index (χ0) is 23.0. The Morgan fingerprint density at radius 2 is 2.03 bits per heavy atom. The molecule has 1 aromatic heterocycles. The Bertz CT molecular complexity index is 1100.